The molecule has 3 fully saturated rings. The van der Waals surface area contributed by atoms with Crippen molar-refractivity contribution in [3.63, 3.8) is 0 Å². The number of ether oxygens (including phenoxy) is 1. The third kappa shape index (κ3) is 1.15. The largest absolute Gasteiger partial charge is 0.461 e. The Hall–Kier alpha value is -0.830. The van der Waals surface area contributed by atoms with Gasteiger partial charge in [0.2, 0.25) is 0 Å². The van der Waals surface area contributed by atoms with Gasteiger partial charge >= 0.3 is 5.97 Å². The molecule has 0 aromatic rings. The van der Waals surface area contributed by atoms with Crippen molar-refractivity contribution in [2.45, 2.75) is 25.9 Å². The highest BCUT2D eigenvalue weighted by atomic mass is 16.6. The van der Waals surface area contributed by atoms with Crippen LogP contribution in [0.25, 0.3) is 0 Å². The lowest BCUT2D eigenvalue weighted by molar-refractivity contribution is -0.145. The highest BCUT2D eigenvalue weighted by molar-refractivity contribution is 5.77. The average Bonchev–Trinajstić information content (AvgIpc) is 2.79. The first-order chi connectivity index (χ1) is 7.63. The Kier molecular flexibility index (Phi) is 2.15. The van der Waals surface area contributed by atoms with Gasteiger partial charge in [0.05, 0.1) is 5.92 Å². The minimum absolute atomic E-state index is 0.0126. The fourth-order valence-corrected chi connectivity index (χ4v) is 4.27. The molecule has 2 bridgehead atoms. The van der Waals surface area contributed by atoms with Gasteiger partial charge in [-0.25, -0.2) is 0 Å². The van der Waals surface area contributed by atoms with E-state index in [0.717, 1.165) is 18.4 Å². The molecule has 2 aliphatic carbocycles. The number of allylic oxidation sites excluding steroid dienone is 1. The summed E-state index contributed by atoms with van der Waals surface area (Å²) in [5.74, 6) is 1.30. The molecule has 88 valence electrons. The van der Waals surface area contributed by atoms with Crippen LogP contribution in [-0.2, 0) is 9.53 Å². The highest BCUT2D eigenvalue weighted by Gasteiger charge is 2.65. The van der Waals surface area contributed by atoms with Crippen LogP contribution in [0.3, 0.4) is 0 Å². The molecule has 3 aliphatic rings. The number of carbonyl (C=O) groups is 1. The van der Waals surface area contributed by atoms with Gasteiger partial charge in [0.25, 0.3) is 0 Å². The van der Waals surface area contributed by atoms with Crippen molar-refractivity contribution in [3.8, 4) is 0 Å². The first-order valence-electron chi connectivity index (χ1n) is 6.09. The molecular weight excluding hydrogens is 204 g/mol. The monoisotopic (exact) mass is 222 g/mol. The van der Waals surface area contributed by atoms with Crippen LogP contribution in [0.2, 0.25) is 0 Å². The van der Waals surface area contributed by atoms with E-state index in [-0.39, 0.29) is 30.5 Å². The Labute approximate surface area is 95.5 Å². The first-order valence-corrected chi connectivity index (χ1v) is 6.09. The van der Waals surface area contributed by atoms with Gasteiger partial charge in [0, 0.05) is 18.4 Å². The lowest BCUT2D eigenvalue weighted by Crippen LogP contribution is -2.35. The van der Waals surface area contributed by atoms with Gasteiger partial charge in [-0.1, -0.05) is 5.57 Å². The normalized spacial score (nSPS) is 48.5. The molecule has 1 aliphatic heterocycles. The van der Waals surface area contributed by atoms with Crippen molar-refractivity contribution < 1.29 is 14.6 Å². The number of rotatable bonds is 3. The molecule has 1 heterocycles. The maximum Gasteiger partial charge on any atom is 0.310 e. The number of carbonyl (C=O) groups excluding carboxylic acids is 1. The number of aliphatic hydroxyl groups excluding tert-OH is 1. The van der Waals surface area contributed by atoms with Gasteiger partial charge in [0.15, 0.2) is 0 Å². The molecule has 0 radical (unpaired) electrons. The van der Waals surface area contributed by atoms with Gasteiger partial charge < -0.3 is 9.84 Å². The Bertz CT molecular complexity index is 349. The van der Waals surface area contributed by atoms with Crippen molar-refractivity contribution in [2.24, 2.45) is 29.6 Å². The maximum absolute atomic E-state index is 11.7. The Morgan fingerprint density at radius 1 is 1.50 bits per heavy atom. The zero-order chi connectivity index (χ0) is 11.4. The molecule has 16 heavy (non-hydrogen) atoms. The number of hydrogen-bond donors (Lipinski definition) is 1. The first kappa shape index (κ1) is 10.3. The van der Waals surface area contributed by atoms with E-state index < -0.39 is 0 Å². The summed E-state index contributed by atoms with van der Waals surface area (Å²) in [6, 6.07) is 0. The molecule has 2 saturated carbocycles. The van der Waals surface area contributed by atoms with Crippen molar-refractivity contribution in [3.05, 3.63) is 12.2 Å². The van der Waals surface area contributed by atoms with Crippen LogP contribution in [0.5, 0.6) is 0 Å². The molecule has 1 saturated heterocycles. The molecule has 0 unspecified atom stereocenters. The maximum atomic E-state index is 11.7. The number of esters is 1. The molecular formula is C13H18O3. The minimum Gasteiger partial charge on any atom is -0.461 e. The fraction of sp³-hybridized carbons (Fsp3) is 0.769. The SMILES string of the molecule is C=C(C)C[C@H]1[C@H]2C[C@H]3[C@@H]1OC(=O)[C@H]3[C@H]2CO. The zero-order valence-electron chi connectivity index (χ0n) is 9.56. The molecule has 0 aromatic heterocycles. The second-order valence-electron chi connectivity index (χ2n) is 5.66. The van der Waals surface area contributed by atoms with E-state index >= 15 is 0 Å². The summed E-state index contributed by atoms with van der Waals surface area (Å²) in [5.41, 5.74) is 1.15. The van der Waals surface area contributed by atoms with Gasteiger partial charge in [-0.05, 0) is 31.6 Å². The number of hydrogen-bond acceptors (Lipinski definition) is 3. The molecule has 0 amide bonds. The fourth-order valence-electron chi connectivity index (χ4n) is 4.27. The summed E-state index contributed by atoms with van der Waals surface area (Å²) in [7, 11) is 0. The smallest absolute Gasteiger partial charge is 0.310 e. The third-order valence-electron chi connectivity index (χ3n) is 4.73. The Morgan fingerprint density at radius 2 is 2.25 bits per heavy atom. The van der Waals surface area contributed by atoms with E-state index in [1.54, 1.807) is 0 Å². The second-order valence-corrected chi connectivity index (χ2v) is 5.66. The predicted octanol–water partition coefficient (Wildman–Crippen LogP) is 1.37. The van der Waals surface area contributed by atoms with Crippen molar-refractivity contribution in [1.82, 2.24) is 0 Å². The van der Waals surface area contributed by atoms with Crippen LogP contribution >= 0.6 is 0 Å². The molecule has 0 aromatic carbocycles. The molecule has 6 atom stereocenters. The molecule has 3 rings (SSSR count). The van der Waals surface area contributed by atoms with Crippen LogP contribution in [0.15, 0.2) is 12.2 Å². The molecule has 0 spiro atoms. The summed E-state index contributed by atoms with van der Waals surface area (Å²) >= 11 is 0. The molecule has 3 heteroatoms. The van der Waals surface area contributed by atoms with Gasteiger partial charge in [0.1, 0.15) is 6.10 Å². The Balaban J connectivity index is 1.90. The van der Waals surface area contributed by atoms with Crippen molar-refractivity contribution in [1.29, 1.82) is 0 Å². The molecule has 1 N–H and O–H groups in total. The van der Waals surface area contributed by atoms with E-state index in [0.29, 0.717) is 17.8 Å². The van der Waals surface area contributed by atoms with Crippen LogP contribution in [0, 0.1) is 29.6 Å². The van der Waals surface area contributed by atoms with E-state index in [4.69, 9.17) is 4.74 Å². The average molecular weight is 222 g/mol. The predicted molar refractivity (Wildman–Crippen MR) is 58.5 cm³/mol. The van der Waals surface area contributed by atoms with Crippen LogP contribution in [0.4, 0.5) is 0 Å². The third-order valence-corrected chi connectivity index (χ3v) is 4.73. The highest BCUT2D eigenvalue weighted by Crippen LogP contribution is 2.61. The minimum atomic E-state index is -0.0687. The van der Waals surface area contributed by atoms with Crippen LogP contribution < -0.4 is 0 Å². The van der Waals surface area contributed by atoms with E-state index in [1.165, 1.54) is 0 Å². The van der Waals surface area contributed by atoms with Gasteiger partial charge in [-0.3, -0.25) is 4.79 Å². The topological polar surface area (TPSA) is 46.5 Å². The summed E-state index contributed by atoms with van der Waals surface area (Å²) in [5, 5.41) is 9.45. The summed E-state index contributed by atoms with van der Waals surface area (Å²) in [4.78, 5) is 11.7. The Morgan fingerprint density at radius 3 is 2.88 bits per heavy atom. The number of fused-ring (bicyclic) bond motifs is 1. The summed E-state index contributed by atoms with van der Waals surface area (Å²) < 4.78 is 5.49. The van der Waals surface area contributed by atoms with Crippen molar-refractivity contribution >= 4 is 5.97 Å². The molecule has 3 nitrogen and oxygen atoms in total. The zero-order valence-corrected chi connectivity index (χ0v) is 9.56. The van der Waals surface area contributed by atoms with Crippen LogP contribution in [0.1, 0.15) is 19.8 Å². The quantitative estimate of drug-likeness (QED) is 0.579. The lowest BCUT2D eigenvalue weighted by atomic mass is 9.73. The van der Waals surface area contributed by atoms with Crippen molar-refractivity contribution in [2.75, 3.05) is 6.61 Å². The lowest BCUT2D eigenvalue weighted by Gasteiger charge is -2.30. The van der Waals surface area contributed by atoms with E-state index in [1.807, 2.05) is 6.92 Å². The van der Waals surface area contributed by atoms with Crippen LogP contribution in [-0.4, -0.2) is 23.8 Å². The van der Waals surface area contributed by atoms with E-state index in [9.17, 15) is 9.90 Å². The standard InChI is InChI=1S/C13H18O3/c1-6(2)3-8-7-4-9-11(10(7)5-14)13(15)16-12(8)9/h7-12,14H,1,3-5H2,2H3/t7-,8+,9-,10+,11-,12-/m1/s1. The van der Waals surface area contributed by atoms with Gasteiger partial charge in [-0.2, -0.15) is 0 Å². The number of aliphatic hydroxyl groups is 1. The van der Waals surface area contributed by atoms with E-state index in [2.05, 4.69) is 6.58 Å². The second kappa shape index (κ2) is 3.33. The summed E-state index contributed by atoms with van der Waals surface area (Å²) in [6.45, 7) is 6.10. The summed E-state index contributed by atoms with van der Waals surface area (Å²) in [6.07, 6.45) is 2.11. The van der Waals surface area contributed by atoms with Gasteiger partial charge in [-0.15, -0.1) is 6.58 Å².